The lowest BCUT2D eigenvalue weighted by atomic mass is 10.3. The van der Waals surface area contributed by atoms with Crippen LogP contribution in [0.1, 0.15) is 0 Å². The lowest BCUT2D eigenvalue weighted by molar-refractivity contribution is 1.32. The van der Waals surface area contributed by atoms with Crippen LogP contribution >= 0.6 is 69.6 Å². The van der Waals surface area contributed by atoms with Crippen LogP contribution in [0.25, 0.3) is 0 Å². The summed E-state index contributed by atoms with van der Waals surface area (Å²) in [4.78, 5) is 2.58. The van der Waals surface area contributed by atoms with Gasteiger partial charge in [0.05, 0.1) is 15.1 Å². The normalized spacial score (nSPS) is 11.2. The Labute approximate surface area is 178 Å². The van der Waals surface area contributed by atoms with Crippen LogP contribution in [0, 0.1) is 0 Å². The monoisotopic (exact) mass is 467 g/mol. The van der Waals surface area contributed by atoms with Crippen LogP contribution in [0.15, 0.2) is 69.3 Å². The van der Waals surface area contributed by atoms with Crippen molar-refractivity contribution in [2.24, 2.45) is 0 Å². The summed E-state index contributed by atoms with van der Waals surface area (Å²) < 4.78 is 0. The maximum Gasteiger partial charge on any atom is 0.185 e. The minimum absolute atomic E-state index is 0.535. The number of benzene rings is 3. The topological polar surface area (TPSA) is 0 Å². The molecular weight excluding hydrogens is 461 g/mol. The third kappa shape index (κ3) is 4.36. The summed E-state index contributed by atoms with van der Waals surface area (Å²) in [6.45, 7) is 0. The Kier molecular flexibility index (Phi) is 6.39. The minimum atomic E-state index is -0.646. The van der Waals surface area contributed by atoms with Gasteiger partial charge in [0.15, 0.2) is 14.7 Å². The van der Waals surface area contributed by atoms with Crippen molar-refractivity contribution in [3.63, 3.8) is 0 Å². The fourth-order valence-corrected chi connectivity index (χ4v) is 6.28. The second-order valence-electron chi connectivity index (χ2n) is 5.03. The fraction of sp³-hybridized carbons (Fsp3) is 0. The van der Waals surface area contributed by atoms with Gasteiger partial charge in [0.2, 0.25) is 0 Å². The third-order valence-corrected chi connectivity index (χ3v) is 7.71. The molecule has 0 N–H and O–H groups in total. The van der Waals surface area contributed by atoms with Gasteiger partial charge >= 0.3 is 0 Å². The van der Waals surface area contributed by atoms with E-state index < -0.39 is 10.9 Å². The maximum absolute atomic E-state index is 6.48. The van der Waals surface area contributed by atoms with Gasteiger partial charge in [-0.3, -0.25) is 0 Å². The molecule has 0 aliphatic carbocycles. The Balaban J connectivity index is 2.27. The Hall–Kier alpha value is -0.250. The van der Waals surface area contributed by atoms with Gasteiger partial charge < -0.3 is 0 Å². The van der Waals surface area contributed by atoms with Crippen LogP contribution in [-0.4, -0.2) is 0 Å². The van der Waals surface area contributed by atoms with E-state index in [0.717, 1.165) is 14.7 Å². The predicted octanol–water partition coefficient (Wildman–Crippen LogP) is 8.70. The van der Waals surface area contributed by atoms with E-state index in [4.69, 9.17) is 69.6 Å². The summed E-state index contributed by atoms with van der Waals surface area (Å²) >= 11 is 37.6. The van der Waals surface area contributed by atoms with Crippen molar-refractivity contribution < 1.29 is 0 Å². The van der Waals surface area contributed by atoms with Crippen molar-refractivity contribution >= 4 is 80.5 Å². The van der Waals surface area contributed by atoms with Crippen molar-refractivity contribution in [3.05, 3.63) is 84.7 Å². The van der Waals surface area contributed by atoms with Gasteiger partial charge in [0.1, 0.15) is 10.9 Å². The van der Waals surface area contributed by atoms with Crippen molar-refractivity contribution in [3.8, 4) is 0 Å². The first-order valence-electron chi connectivity index (χ1n) is 6.96. The summed E-state index contributed by atoms with van der Waals surface area (Å²) in [7, 11) is -0.646. The standard InChI is InChI=1S/C18H9Cl6S/c19-10-1-4-16(13(22)7-10)25(17-5-2-11(20)8-14(17)23)18-6-3-12(21)9-15(18)24/h1-9H/q+1. The quantitative estimate of drug-likeness (QED) is 0.336. The van der Waals surface area contributed by atoms with E-state index in [9.17, 15) is 0 Å². The number of halogens is 6. The SMILES string of the molecule is Clc1ccc([S+](c2ccc(Cl)cc2Cl)c2ccc(Cl)cc2Cl)c(Cl)c1. The summed E-state index contributed by atoms with van der Waals surface area (Å²) in [5, 5.41) is 3.28. The molecule has 0 saturated carbocycles. The molecule has 3 aromatic carbocycles. The zero-order valence-corrected chi connectivity index (χ0v) is 17.7. The van der Waals surface area contributed by atoms with Crippen LogP contribution in [0.5, 0.6) is 0 Å². The van der Waals surface area contributed by atoms with Crippen LogP contribution in [0.2, 0.25) is 30.1 Å². The van der Waals surface area contributed by atoms with Gasteiger partial charge in [0.25, 0.3) is 0 Å². The number of hydrogen-bond acceptors (Lipinski definition) is 0. The van der Waals surface area contributed by atoms with Crippen molar-refractivity contribution in [2.75, 3.05) is 0 Å². The lowest BCUT2D eigenvalue weighted by Crippen LogP contribution is -2.07. The molecule has 0 nitrogen and oxygen atoms in total. The predicted molar refractivity (Wildman–Crippen MR) is 112 cm³/mol. The molecule has 0 spiro atoms. The van der Waals surface area contributed by atoms with Crippen LogP contribution in [-0.2, 0) is 10.9 Å². The van der Waals surface area contributed by atoms with Crippen LogP contribution in [0.4, 0.5) is 0 Å². The molecule has 0 atom stereocenters. The molecule has 3 aromatic rings. The van der Waals surface area contributed by atoms with E-state index in [-0.39, 0.29) is 0 Å². The summed E-state index contributed by atoms with van der Waals surface area (Å²) in [6, 6.07) is 16.1. The number of hydrogen-bond donors (Lipinski definition) is 0. The fourth-order valence-electron chi connectivity index (χ4n) is 2.28. The molecule has 25 heavy (non-hydrogen) atoms. The van der Waals surface area contributed by atoms with E-state index in [1.54, 1.807) is 36.4 Å². The van der Waals surface area contributed by atoms with Crippen LogP contribution in [0.3, 0.4) is 0 Å². The molecule has 0 aliphatic heterocycles. The van der Waals surface area contributed by atoms with Gasteiger partial charge in [-0.1, -0.05) is 69.6 Å². The summed E-state index contributed by atoms with van der Waals surface area (Å²) in [5.74, 6) is 0. The molecule has 0 fully saturated rings. The average molecular weight is 470 g/mol. The molecule has 0 bridgehead atoms. The summed E-state index contributed by atoms with van der Waals surface area (Å²) in [5.41, 5.74) is 0. The largest absolute Gasteiger partial charge is 0.185 e. The first-order chi connectivity index (χ1) is 11.9. The molecule has 0 saturated heterocycles. The zero-order chi connectivity index (χ0) is 18.1. The maximum atomic E-state index is 6.48. The van der Waals surface area contributed by atoms with E-state index in [0.29, 0.717) is 30.1 Å². The van der Waals surface area contributed by atoms with Gasteiger partial charge in [0, 0.05) is 15.1 Å². The second kappa shape index (κ2) is 8.19. The molecule has 0 unspecified atom stereocenters. The highest BCUT2D eigenvalue weighted by molar-refractivity contribution is 7.97. The Morgan fingerprint density at radius 2 is 0.720 bits per heavy atom. The molecule has 0 heterocycles. The molecule has 0 aliphatic rings. The van der Waals surface area contributed by atoms with Crippen LogP contribution < -0.4 is 0 Å². The molecule has 0 radical (unpaired) electrons. The van der Waals surface area contributed by atoms with E-state index >= 15 is 0 Å². The summed E-state index contributed by atoms with van der Waals surface area (Å²) in [6.07, 6.45) is 0. The zero-order valence-electron chi connectivity index (χ0n) is 12.4. The molecule has 128 valence electrons. The highest BCUT2D eigenvalue weighted by Gasteiger charge is 2.35. The Morgan fingerprint density at radius 3 is 0.960 bits per heavy atom. The second-order valence-corrected chi connectivity index (χ2v) is 9.49. The third-order valence-electron chi connectivity index (χ3n) is 3.34. The van der Waals surface area contributed by atoms with Gasteiger partial charge in [-0.2, -0.15) is 0 Å². The first kappa shape index (κ1) is 19.5. The Morgan fingerprint density at radius 1 is 0.440 bits per heavy atom. The van der Waals surface area contributed by atoms with E-state index in [1.807, 2.05) is 18.2 Å². The molecule has 0 aromatic heterocycles. The molecular formula is C18H9Cl6S+. The molecule has 7 heteroatoms. The smallest absolute Gasteiger partial charge is 0.0843 e. The van der Waals surface area contributed by atoms with Crippen molar-refractivity contribution in [1.29, 1.82) is 0 Å². The van der Waals surface area contributed by atoms with Crippen molar-refractivity contribution in [2.45, 2.75) is 14.7 Å². The van der Waals surface area contributed by atoms with Crippen molar-refractivity contribution in [1.82, 2.24) is 0 Å². The number of rotatable bonds is 3. The lowest BCUT2D eigenvalue weighted by Gasteiger charge is -2.12. The molecule has 3 rings (SSSR count). The Bertz CT molecular complexity index is 818. The van der Waals surface area contributed by atoms with E-state index in [2.05, 4.69) is 0 Å². The molecule has 0 amide bonds. The minimum Gasteiger partial charge on any atom is -0.0843 e. The highest BCUT2D eigenvalue weighted by Crippen LogP contribution is 2.42. The van der Waals surface area contributed by atoms with E-state index in [1.165, 1.54) is 0 Å². The van der Waals surface area contributed by atoms with Gasteiger partial charge in [-0.25, -0.2) is 0 Å². The van der Waals surface area contributed by atoms with Gasteiger partial charge in [-0.15, -0.1) is 0 Å². The average Bonchev–Trinajstić information content (AvgIpc) is 2.52. The first-order valence-corrected chi connectivity index (χ1v) is 10.5. The highest BCUT2D eigenvalue weighted by atomic mass is 35.5. The van der Waals surface area contributed by atoms with Gasteiger partial charge in [-0.05, 0) is 54.6 Å².